The van der Waals surface area contributed by atoms with E-state index >= 15 is 0 Å². The first-order valence-electron chi connectivity index (χ1n) is 6.18. The van der Waals surface area contributed by atoms with Gasteiger partial charge in [0.25, 0.3) is 0 Å². The molecule has 1 heterocycles. The van der Waals surface area contributed by atoms with Crippen molar-refractivity contribution in [2.75, 3.05) is 19.6 Å². The van der Waals surface area contributed by atoms with E-state index in [0.717, 1.165) is 6.54 Å². The summed E-state index contributed by atoms with van der Waals surface area (Å²) in [6.07, 6.45) is 4.73. The molecule has 0 bridgehead atoms. The monoisotopic (exact) mass is 215 g/mol. The fourth-order valence-corrected chi connectivity index (χ4v) is 2.21. The van der Waals surface area contributed by atoms with E-state index in [0.29, 0.717) is 0 Å². The average Bonchev–Trinajstić information content (AvgIpc) is 2.49. The highest BCUT2D eigenvalue weighted by Gasteiger charge is 2.11. The highest BCUT2D eigenvalue weighted by Crippen LogP contribution is 2.15. The standard InChI is InChI=1S/C15H21N/c1-13(2)7-10-16-11-8-14-5-3-4-6-15(14)9-12-16/h3-7H,8-12H2,1-2H3. The van der Waals surface area contributed by atoms with E-state index in [1.54, 1.807) is 11.1 Å². The summed E-state index contributed by atoms with van der Waals surface area (Å²) in [5.41, 5.74) is 4.51. The fourth-order valence-electron chi connectivity index (χ4n) is 2.21. The summed E-state index contributed by atoms with van der Waals surface area (Å²) in [6.45, 7) is 7.84. The van der Waals surface area contributed by atoms with Crippen LogP contribution in [0, 0.1) is 0 Å². The molecule has 0 amide bonds. The van der Waals surface area contributed by atoms with E-state index in [9.17, 15) is 0 Å². The second kappa shape index (κ2) is 5.31. The predicted molar refractivity (Wildman–Crippen MR) is 69.7 cm³/mol. The van der Waals surface area contributed by atoms with Gasteiger partial charge in [-0.05, 0) is 37.8 Å². The van der Waals surface area contributed by atoms with Crippen LogP contribution < -0.4 is 0 Å². The van der Waals surface area contributed by atoms with Crippen molar-refractivity contribution in [3.8, 4) is 0 Å². The second-order valence-electron chi connectivity index (χ2n) is 4.85. The lowest BCUT2D eigenvalue weighted by Gasteiger charge is -2.17. The summed E-state index contributed by atoms with van der Waals surface area (Å²) < 4.78 is 0. The van der Waals surface area contributed by atoms with E-state index in [1.165, 1.54) is 31.5 Å². The maximum absolute atomic E-state index is 2.55. The van der Waals surface area contributed by atoms with Crippen molar-refractivity contribution in [3.63, 3.8) is 0 Å². The number of nitrogens with zero attached hydrogens (tertiary/aromatic N) is 1. The predicted octanol–water partition coefficient (Wildman–Crippen LogP) is 3.05. The van der Waals surface area contributed by atoms with Crippen molar-refractivity contribution in [2.24, 2.45) is 0 Å². The summed E-state index contributed by atoms with van der Waals surface area (Å²) in [4.78, 5) is 2.55. The van der Waals surface area contributed by atoms with E-state index in [1.807, 2.05) is 0 Å². The Morgan fingerprint density at radius 2 is 1.69 bits per heavy atom. The van der Waals surface area contributed by atoms with Crippen LogP contribution >= 0.6 is 0 Å². The number of benzene rings is 1. The number of hydrogen-bond donors (Lipinski definition) is 0. The third-order valence-corrected chi connectivity index (χ3v) is 3.27. The molecule has 0 N–H and O–H groups in total. The Balaban J connectivity index is 1.99. The van der Waals surface area contributed by atoms with Crippen molar-refractivity contribution in [1.29, 1.82) is 0 Å². The fraction of sp³-hybridized carbons (Fsp3) is 0.467. The molecule has 16 heavy (non-hydrogen) atoms. The molecule has 0 aromatic heterocycles. The summed E-state index contributed by atoms with van der Waals surface area (Å²) in [5, 5.41) is 0. The van der Waals surface area contributed by atoms with Gasteiger partial charge in [0.1, 0.15) is 0 Å². The van der Waals surface area contributed by atoms with Crippen LogP contribution in [0.4, 0.5) is 0 Å². The van der Waals surface area contributed by atoms with Crippen LogP contribution in [-0.4, -0.2) is 24.5 Å². The number of fused-ring (bicyclic) bond motifs is 1. The van der Waals surface area contributed by atoms with Gasteiger partial charge in [-0.2, -0.15) is 0 Å². The molecule has 1 aromatic carbocycles. The van der Waals surface area contributed by atoms with Gasteiger partial charge in [-0.15, -0.1) is 0 Å². The van der Waals surface area contributed by atoms with Gasteiger partial charge in [-0.3, -0.25) is 4.90 Å². The normalized spacial score (nSPS) is 16.4. The zero-order chi connectivity index (χ0) is 11.4. The maximum Gasteiger partial charge on any atom is 0.0165 e. The van der Waals surface area contributed by atoms with E-state index < -0.39 is 0 Å². The van der Waals surface area contributed by atoms with Crippen LogP contribution in [0.2, 0.25) is 0 Å². The molecular formula is C15H21N. The van der Waals surface area contributed by atoms with E-state index in [4.69, 9.17) is 0 Å². The topological polar surface area (TPSA) is 3.24 Å². The van der Waals surface area contributed by atoms with E-state index in [-0.39, 0.29) is 0 Å². The first-order valence-corrected chi connectivity index (χ1v) is 6.18. The number of rotatable bonds is 2. The lowest BCUT2D eigenvalue weighted by atomic mass is 10.0. The van der Waals surface area contributed by atoms with Gasteiger partial charge in [0.2, 0.25) is 0 Å². The van der Waals surface area contributed by atoms with Crippen molar-refractivity contribution in [2.45, 2.75) is 26.7 Å². The molecule has 0 aliphatic carbocycles. The highest BCUT2D eigenvalue weighted by molar-refractivity contribution is 5.28. The van der Waals surface area contributed by atoms with Crippen molar-refractivity contribution in [1.82, 2.24) is 4.90 Å². The van der Waals surface area contributed by atoms with Crippen molar-refractivity contribution >= 4 is 0 Å². The first-order chi connectivity index (χ1) is 7.75. The lowest BCUT2D eigenvalue weighted by Crippen LogP contribution is -2.26. The van der Waals surface area contributed by atoms with Crippen LogP contribution in [0.1, 0.15) is 25.0 Å². The molecule has 1 aliphatic heterocycles. The lowest BCUT2D eigenvalue weighted by molar-refractivity contribution is 0.318. The van der Waals surface area contributed by atoms with Gasteiger partial charge in [0, 0.05) is 19.6 Å². The molecule has 0 saturated carbocycles. The Morgan fingerprint density at radius 3 is 2.19 bits per heavy atom. The van der Waals surface area contributed by atoms with Crippen LogP contribution in [-0.2, 0) is 12.8 Å². The van der Waals surface area contributed by atoms with Crippen LogP contribution in [0.5, 0.6) is 0 Å². The smallest absolute Gasteiger partial charge is 0.0165 e. The molecule has 1 nitrogen and oxygen atoms in total. The SMILES string of the molecule is CC(C)=CCN1CCc2ccccc2CC1. The minimum atomic E-state index is 1.11. The average molecular weight is 215 g/mol. The molecule has 1 aromatic rings. The van der Waals surface area contributed by atoms with Crippen molar-refractivity contribution < 1.29 is 0 Å². The quantitative estimate of drug-likeness (QED) is 0.685. The Kier molecular flexibility index (Phi) is 3.79. The molecule has 0 atom stereocenters. The zero-order valence-electron chi connectivity index (χ0n) is 10.4. The minimum absolute atomic E-state index is 1.11. The van der Waals surface area contributed by atoms with Gasteiger partial charge < -0.3 is 0 Å². The van der Waals surface area contributed by atoms with Gasteiger partial charge in [0.05, 0.1) is 0 Å². The van der Waals surface area contributed by atoms with Crippen LogP contribution in [0.3, 0.4) is 0 Å². The number of allylic oxidation sites excluding steroid dienone is 1. The third kappa shape index (κ3) is 2.96. The molecular weight excluding hydrogens is 194 g/mol. The van der Waals surface area contributed by atoms with Gasteiger partial charge in [-0.25, -0.2) is 0 Å². The van der Waals surface area contributed by atoms with Gasteiger partial charge in [-0.1, -0.05) is 35.9 Å². The summed E-state index contributed by atoms with van der Waals surface area (Å²) in [7, 11) is 0. The molecule has 86 valence electrons. The van der Waals surface area contributed by atoms with E-state index in [2.05, 4.69) is 49.1 Å². The van der Waals surface area contributed by atoms with Crippen molar-refractivity contribution in [3.05, 3.63) is 47.0 Å². The second-order valence-corrected chi connectivity index (χ2v) is 4.85. The summed E-state index contributed by atoms with van der Waals surface area (Å²) in [6, 6.07) is 8.87. The van der Waals surface area contributed by atoms with Gasteiger partial charge >= 0.3 is 0 Å². The highest BCUT2D eigenvalue weighted by atomic mass is 15.1. The molecule has 0 spiro atoms. The molecule has 0 unspecified atom stereocenters. The molecule has 0 radical (unpaired) electrons. The number of hydrogen-bond acceptors (Lipinski definition) is 1. The zero-order valence-corrected chi connectivity index (χ0v) is 10.4. The van der Waals surface area contributed by atoms with Gasteiger partial charge in [0.15, 0.2) is 0 Å². The molecule has 0 saturated heterocycles. The minimum Gasteiger partial charge on any atom is -0.299 e. The summed E-state index contributed by atoms with van der Waals surface area (Å²) >= 11 is 0. The third-order valence-electron chi connectivity index (χ3n) is 3.27. The van der Waals surface area contributed by atoms with Crippen LogP contribution in [0.15, 0.2) is 35.9 Å². The molecule has 0 fully saturated rings. The van der Waals surface area contributed by atoms with Crippen LogP contribution in [0.25, 0.3) is 0 Å². The molecule has 1 aliphatic rings. The largest absolute Gasteiger partial charge is 0.299 e. The molecule has 1 heteroatoms. The Labute approximate surface area is 98.8 Å². The Hall–Kier alpha value is -1.08. The molecule has 2 rings (SSSR count). The Bertz CT molecular complexity index is 348. The maximum atomic E-state index is 2.55. The summed E-state index contributed by atoms with van der Waals surface area (Å²) in [5.74, 6) is 0. The first kappa shape index (κ1) is 11.4. The Morgan fingerprint density at radius 1 is 1.12 bits per heavy atom.